The Kier molecular flexibility index (Phi) is 14.0. The van der Waals surface area contributed by atoms with Crippen LogP contribution in [-0.2, 0) is 19.1 Å². The number of halogens is 1. The third-order valence-corrected chi connectivity index (χ3v) is 7.15. The van der Waals surface area contributed by atoms with Gasteiger partial charge in [-0.25, -0.2) is 9.59 Å². The molecular weight excluding hydrogens is 676 g/mol. The molecule has 0 saturated carbocycles. The Balaban J connectivity index is 0.000000261. The van der Waals surface area contributed by atoms with E-state index in [4.69, 9.17) is 0 Å². The summed E-state index contributed by atoms with van der Waals surface area (Å²) in [5, 5.41) is 0. The molecule has 4 rings (SSSR count). The highest BCUT2D eigenvalue weighted by molar-refractivity contribution is 9.10. The van der Waals surface area contributed by atoms with Gasteiger partial charge in [-0.1, -0.05) is 101 Å². The van der Waals surface area contributed by atoms with Crippen molar-refractivity contribution in [2.24, 2.45) is 0 Å². The number of carbonyl (C=O) groups excluding carboxylic acids is 6. The average Bonchev–Trinajstić information content (AvgIpc) is 3.13. The summed E-state index contributed by atoms with van der Waals surface area (Å²) in [6.07, 6.45) is 9.52. The number of allylic oxidation sites excluding steroid dienone is 1. The standard InChI is InChI=1S/C21H18O4.C18H13BrO4/c1-3-4-15-5-10-17(11-6-15)20(23)21(24)18-12-7-16(8-13-18)9-14-19(22)25-2;1-23-16(20)11-4-12-2-5-13(6-3-12)17(21)18(22)14-7-9-15(19)10-8-14/h3-14H,1-2H3;2-11H,1H3/b4-3+,14-9+;11-4+. The molecular formula is C39H31BrO8. The van der Waals surface area contributed by atoms with Gasteiger partial charge in [0.2, 0.25) is 23.1 Å². The Morgan fingerprint density at radius 2 is 0.729 bits per heavy atom. The Labute approximate surface area is 286 Å². The van der Waals surface area contributed by atoms with E-state index < -0.39 is 35.1 Å². The first kappa shape index (κ1) is 36.7. The largest absolute Gasteiger partial charge is 0.466 e. The Morgan fingerprint density at radius 3 is 1.00 bits per heavy atom. The number of esters is 2. The number of Topliss-reactive ketones (excluding diaryl/α,β-unsaturated/α-hetero) is 4. The zero-order valence-corrected chi connectivity index (χ0v) is 27.9. The van der Waals surface area contributed by atoms with Crippen LogP contribution in [0.5, 0.6) is 0 Å². The summed E-state index contributed by atoms with van der Waals surface area (Å²) < 4.78 is 9.84. The van der Waals surface area contributed by atoms with E-state index in [2.05, 4.69) is 25.4 Å². The SMILES string of the molecule is C/C=C/c1ccc(C(=O)C(=O)c2ccc(/C=C/C(=O)OC)cc2)cc1.COC(=O)/C=C/c1ccc(C(=O)C(=O)c2ccc(Br)cc2)cc1. The van der Waals surface area contributed by atoms with Crippen LogP contribution in [0, 0.1) is 0 Å². The molecule has 0 amide bonds. The van der Waals surface area contributed by atoms with Crippen molar-refractivity contribution in [1.82, 2.24) is 0 Å². The summed E-state index contributed by atoms with van der Waals surface area (Å²) in [5.74, 6) is -3.18. The summed E-state index contributed by atoms with van der Waals surface area (Å²) in [7, 11) is 2.59. The zero-order chi connectivity index (χ0) is 35.1. The van der Waals surface area contributed by atoms with Gasteiger partial charge in [0.15, 0.2) is 0 Å². The highest BCUT2D eigenvalue weighted by atomic mass is 79.9. The maximum atomic E-state index is 12.3. The molecule has 0 fully saturated rings. The molecule has 0 saturated heterocycles. The molecule has 9 heteroatoms. The monoisotopic (exact) mass is 706 g/mol. The number of benzene rings is 4. The lowest BCUT2D eigenvalue weighted by Gasteiger charge is -2.02. The molecule has 242 valence electrons. The van der Waals surface area contributed by atoms with E-state index in [0.717, 1.165) is 21.2 Å². The van der Waals surface area contributed by atoms with E-state index in [1.807, 2.05) is 19.1 Å². The number of carbonyl (C=O) groups is 6. The van der Waals surface area contributed by atoms with Crippen LogP contribution in [0.1, 0.15) is 65.0 Å². The number of hydrogen-bond acceptors (Lipinski definition) is 8. The van der Waals surface area contributed by atoms with E-state index in [0.29, 0.717) is 22.3 Å². The van der Waals surface area contributed by atoms with Crippen molar-refractivity contribution in [3.8, 4) is 0 Å². The maximum absolute atomic E-state index is 12.3. The van der Waals surface area contributed by atoms with Crippen LogP contribution in [0.15, 0.2) is 120 Å². The van der Waals surface area contributed by atoms with Crippen LogP contribution in [0.2, 0.25) is 0 Å². The summed E-state index contributed by atoms with van der Waals surface area (Å²) in [4.78, 5) is 71.1. The highest BCUT2D eigenvalue weighted by Crippen LogP contribution is 2.15. The molecule has 0 aliphatic rings. The predicted molar refractivity (Wildman–Crippen MR) is 188 cm³/mol. The third kappa shape index (κ3) is 10.9. The number of ketones is 4. The number of methoxy groups -OCH3 is 2. The first-order valence-electron chi connectivity index (χ1n) is 14.4. The topological polar surface area (TPSA) is 121 Å². The van der Waals surface area contributed by atoms with Gasteiger partial charge in [-0.2, -0.15) is 0 Å². The minimum atomic E-state index is -0.573. The third-order valence-electron chi connectivity index (χ3n) is 6.62. The molecule has 0 radical (unpaired) electrons. The molecule has 0 heterocycles. The smallest absolute Gasteiger partial charge is 0.330 e. The normalized spacial score (nSPS) is 10.8. The molecule has 0 N–H and O–H groups in total. The second-order valence-corrected chi connectivity index (χ2v) is 10.8. The minimum absolute atomic E-state index is 0.299. The van der Waals surface area contributed by atoms with Crippen LogP contribution < -0.4 is 0 Å². The van der Waals surface area contributed by atoms with Crippen LogP contribution >= 0.6 is 15.9 Å². The predicted octanol–water partition coefficient (Wildman–Crippen LogP) is 7.67. The first-order valence-corrected chi connectivity index (χ1v) is 15.2. The summed E-state index contributed by atoms with van der Waals surface area (Å²) in [6, 6.07) is 26.3. The number of ether oxygens (including phenoxy) is 2. The van der Waals surface area contributed by atoms with Gasteiger partial charge in [-0.05, 0) is 60.0 Å². The van der Waals surface area contributed by atoms with Crippen LogP contribution in [0.3, 0.4) is 0 Å². The van der Waals surface area contributed by atoms with E-state index >= 15 is 0 Å². The molecule has 4 aromatic carbocycles. The second-order valence-electron chi connectivity index (χ2n) is 9.90. The van der Waals surface area contributed by atoms with Gasteiger partial charge in [0.1, 0.15) is 0 Å². The van der Waals surface area contributed by atoms with Gasteiger partial charge in [0.05, 0.1) is 14.2 Å². The van der Waals surface area contributed by atoms with E-state index in [1.54, 1.807) is 109 Å². The quantitative estimate of drug-likeness (QED) is 0.0674. The van der Waals surface area contributed by atoms with Crippen molar-refractivity contribution in [2.75, 3.05) is 14.2 Å². The lowest BCUT2D eigenvalue weighted by molar-refractivity contribution is -0.135. The Hall–Kier alpha value is -5.80. The second kappa shape index (κ2) is 18.4. The van der Waals surface area contributed by atoms with Gasteiger partial charge in [-0.15, -0.1) is 0 Å². The molecule has 4 aromatic rings. The van der Waals surface area contributed by atoms with E-state index in [9.17, 15) is 28.8 Å². The number of rotatable bonds is 11. The molecule has 0 aliphatic carbocycles. The van der Waals surface area contributed by atoms with E-state index in [-0.39, 0.29) is 0 Å². The van der Waals surface area contributed by atoms with E-state index in [1.165, 1.54) is 26.4 Å². The van der Waals surface area contributed by atoms with Crippen molar-refractivity contribution in [3.05, 3.63) is 159 Å². The highest BCUT2D eigenvalue weighted by Gasteiger charge is 2.19. The van der Waals surface area contributed by atoms with Gasteiger partial charge in [-0.3, -0.25) is 19.2 Å². The van der Waals surface area contributed by atoms with Crippen molar-refractivity contribution < 1.29 is 38.2 Å². The van der Waals surface area contributed by atoms with Crippen LogP contribution in [0.25, 0.3) is 18.2 Å². The summed E-state index contributed by atoms with van der Waals surface area (Å²) in [6.45, 7) is 1.91. The number of hydrogen-bond donors (Lipinski definition) is 0. The van der Waals surface area contributed by atoms with Crippen LogP contribution in [0.4, 0.5) is 0 Å². The first-order chi connectivity index (χ1) is 23.1. The summed E-state index contributed by atoms with van der Waals surface area (Å²) >= 11 is 3.28. The fourth-order valence-corrected chi connectivity index (χ4v) is 4.28. The van der Waals surface area contributed by atoms with Gasteiger partial charge < -0.3 is 9.47 Å². The average molecular weight is 708 g/mol. The lowest BCUT2D eigenvalue weighted by atomic mass is 9.99. The molecule has 8 nitrogen and oxygen atoms in total. The Morgan fingerprint density at radius 1 is 0.458 bits per heavy atom. The fraction of sp³-hybridized carbons (Fsp3) is 0.0769. The van der Waals surface area contributed by atoms with Crippen molar-refractivity contribution >= 4 is 69.2 Å². The van der Waals surface area contributed by atoms with Gasteiger partial charge in [0, 0.05) is 38.9 Å². The maximum Gasteiger partial charge on any atom is 0.330 e. The molecule has 0 bridgehead atoms. The van der Waals surface area contributed by atoms with Gasteiger partial charge >= 0.3 is 11.9 Å². The molecule has 48 heavy (non-hydrogen) atoms. The van der Waals surface area contributed by atoms with Crippen molar-refractivity contribution in [2.45, 2.75) is 6.92 Å². The molecule has 0 spiro atoms. The van der Waals surface area contributed by atoms with Crippen LogP contribution in [-0.4, -0.2) is 49.3 Å². The molecule has 0 aliphatic heterocycles. The van der Waals surface area contributed by atoms with Crippen molar-refractivity contribution in [1.29, 1.82) is 0 Å². The molecule has 0 atom stereocenters. The minimum Gasteiger partial charge on any atom is -0.466 e. The fourth-order valence-electron chi connectivity index (χ4n) is 4.02. The Bertz CT molecular complexity index is 1860. The molecule has 0 aromatic heterocycles. The lowest BCUT2D eigenvalue weighted by Crippen LogP contribution is -2.14. The van der Waals surface area contributed by atoms with Crippen molar-refractivity contribution in [3.63, 3.8) is 0 Å². The summed E-state index contributed by atoms with van der Waals surface area (Å²) in [5.41, 5.74) is 3.72. The molecule has 0 unspecified atom stereocenters. The zero-order valence-electron chi connectivity index (χ0n) is 26.3. The van der Waals surface area contributed by atoms with Gasteiger partial charge in [0.25, 0.3) is 0 Å².